The van der Waals surface area contributed by atoms with E-state index in [2.05, 4.69) is 26.3 Å². The zero-order chi connectivity index (χ0) is 27.5. The van der Waals surface area contributed by atoms with Crippen LogP contribution >= 0.6 is 11.6 Å². The molecule has 3 N–H and O–H groups in total. The number of fused-ring (bicyclic) bond motifs is 1. The van der Waals surface area contributed by atoms with Gasteiger partial charge >= 0.3 is 0 Å². The Balaban J connectivity index is 1.35. The van der Waals surface area contributed by atoms with Gasteiger partial charge in [0.15, 0.2) is 0 Å². The summed E-state index contributed by atoms with van der Waals surface area (Å²) >= 11 is 6.11. The summed E-state index contributed by atoms with van der Waals surface area (Å²) < 4.78 is 11.4. The Morgan fingerprint density at radius 3 is 2.69 bits per heavy atom. The molecule has 204 valence electrons. The maximum absolute atomic E-state index is 12.9. The van der Waals surface area contributed by atoms with E-state index in [-0.39, 0.29) is 17.2 Å². The number of aromatic amines is 2. The molecule has 39 heavy (non-hydrogen) atoms. The van der Waals surface area contributed by atoms with Gasteiger partial charge in [-0.2, -0.15) is 0 Å². The summed E-state index contributed by atoms with van der Waals surface area (Å²) in [6.45, 7) is 5.19. The van der Waals surface area contributed by atoms with E-state index < -0.39 is 10.8 Å². The van der Waals surface area contributed by atoms with E-state index in [1.807, 2.05) is 43.3 Å². The number of imidazole rings is 1. The van der Waals surface area contributed by atoms with E-state index in [0.29, 0.717) is 54.8 Å². The number of carbonyl (C=O) groups is 1. The number of aromatic nitrogens is 3. The number of benzene rings is 2. The molecule has 0 spiro atoms. The number of nitrogens with one attached hydrogen (secondary N) is 3. The van der Waals surface area contributed by atoms with Crippen molar-refractivity contribution < 1.29 is 9.00 Å². The maximum Gasteiger partial charge on any atom is 0.261 e. The van der Waals surface area contributed by atoms with E-state index in [9.17, 15) is 13.8 Å². The number of carbonyl (C=O) groups excluding carboxylic acids is 1. The molecule has 1 saturated heterocycles. The number of amides is 1. The highest BCUT2D eigenvalue weighted by Crippen LogP contribution is 2.29. The summed E-state index contributed by atoms with van der Waals surface area (Å²) in [4.78, 5) is 40.1. The maximum atomic E-state index is 12.9. The molecule has 0 radical (unpaired) electrons. The molecular formula is C28H31ClN6O3S. The Morgan fingerprint density at radius 1 is 1.15 bits per heavy atom. The van der Waals surface area contributed by atoms with E-state index >= 15 is 0 Å². The third kappa shape index (κ3) is 6.17. The Bertz CT molecular complexity index is 1590. The lowest BCUT2D eigenvalue weighted by Crippen LogP contribution is -2.49. The predicted molar refractivity (Wildman–Crippen MR) is 158 cm³/mol. The van der Waals surface area contributed by atoms with Gasteiger partial charge in [-0.15, -0.1) is 0 Å². The molecule has 2 aromatic carbocycles. The smallest absolute Gasteiger partial charge is 0.261 e. The van der Waals surface area contributed by atoms with Crippen LogP contribution in [0.25, 0.3) is 22.4 Å². The lowest BCUT2D eigenvalue weighted by atomic mass is 10.1. The predicted octanol–water partition coefficient (Wildman–Crippen LogP) is 3.56. The quantitative estimate of drug-likeness (QED) is 0.300. The molecular weight excluding hydrogens is 536 g/mol. The highest BCUT2D eigenvalue weighted by atomic mass is 35.5. The van der Waals surface area contributed by atoms with Crippen molar-refractivity contribution in [3.63, 3.8) is 0 Å². The molecule has 0 saturated carbocycles. The summed E-state index contributed by atoms with van der Waals surface area (Å²) in [7, 11) is -1.14. The minimum atomic E-state index is -1.14. The third-order valence-electron chi connectivity index (χ3n) is 6.90. The van der Waals surface area contributed by atoms with Crippen LogP contribution in [0.5, 0.6) is 0 Å². The molecule has 0 aliphatic carbocycles. The molecule has 9 nitrogen and oxygen atoms in total. The summed E-state index contributed by atoms with van der Waals surface area (Å²) in [6.07, 6.45) is 3.93. The number of hydrogen-bond donors (Lipinski definition) is 3. The monoisotopic (exact) mass is 566 g/mol. The second-order valence-electron chi connectivity index (χ2n) is 9.73. The van der Waals surface area contributed by atoms with Crippen molar-refractivity contribution in [2.45, 2.75) is 13.3 Å². The second kappa shape index (κ2) is 11.6. The lowest BCUT2D eigenvalue weighted by Gasteiger charge is -2.36. The van der Waals surface area contributed by atoms with Gasteiger partial charge in [0.25, 0.3) is 5.56 Å². The van der Waals surface area contributed by atoms with Gasteiger partial charge in [-0.1, -0.05) is 23.7 Å². The number of pyridine rings is 1. The van der Waals surface area contributed by atoms with Crippen molar-refractivity contribution in [1.29, 1.82) is 0 Å². The summed E-state index contributed by atoms with van der Waals surface area (Å²) in [6, 6.07) is 13.7. The molecule has 1 amide bonds. The topological polar surface area (TPSA) is 114 Å². The minimum absolute atomic E-state index is 0.0645. The number of aryl methyl sites for hydroxylation is 1. The molecule has 2 aromatic heterocycles. The van der Waals surface area contributed by atoms with Crippen LogP contribution in [0.3, 0.4) is 0 Å². The summed E-state index contributed by atoms with van der Waals surface area (Å²) in [5, 5.41) is 4.08. The average molecular weight is 567 g/mol. The van der Waals surface area contributed by atoms with Crippen molar-refractivity contribution in [2.75, 3.05) is 54.9 Å². The SMILES string of the molecule is Cc1cc(N2CCN(C(=O)CS(C)=O)CC2)cc2[nH]c(-c3c(NCCc4cccc(Cl)c4)cc[nH]c3=O)nc12. The first-order valence-corrected chi connectivity index (χ1v) is 14.9. The molecule has 4 aromatic rings. The molecule has 1 unspecified atom stereocenters. The van der Waals surface area contributed by atoms with Crippen molar-refractivity contribution in [3.8, 4) is 11.4 Å². The van der Waals surface area contributed by atoms with Crippen LogP contribution in [0.4, 0.5) is 11.4 Å². The van der Waals surface area contributed by atoms with Crippen LogP contribution in [0.2, 0.25) is 5.02 Å². The van der Waals surface area contributed by atoms with Gasteiger partial charge in [0.05, 0.1) is 16.7 Å². The van der Waals surface area contributed by atoms with Crippen LogP contribution in [0.1, 0.15) is 11.1 Å². The molecule has 0 bridgehead atoms. The number of hydrogen-bond acceptors (Lipinski definition) is 6. The van der Waals surface area contributed by atoms with Gasteiger partial charge in [0.2, 0.25) is 5.91 Å². The number of H-pyrrole nitrogens is 2. The zero-order valence-electron chi connectivity index (χ0n) is 21.9. The van der Waals surface area contributed by atoms with E-state index in [0.717, 1.165) is 34.3 Å². The average Bonchev–Trinajstić information content (AvgIpc) is 3.33. The third-order valence-corrected chi connectivity index (χ3v) is 7.79. The van der Waals surface area contributed by atoms with Gasteiger partial charge in [0.1, 0.15) is 17.1 Å². The molecule has 1 aliphatic rings. The van der Waals surface area contributed by atoms with Gasteiger partial charge in [-0.05, 0) is 54.8 Å². The zero-order valence-corrected chi connectivity index (χ0v) is 23.5. The van der Waals surface area contributed by atoms with Crippen molar-refractivity contribution in [3.05, 3.63) is 75.2 Å². The minimum Gasteiger partial charge on any atom is -0.384 e. The van der Waals surface area contributed by atoms with Crippen LogP contribution in [0.15, 0.2) is 53.5 Å². The number of nitrogens with zero attached hydrogens (tertiary/aromatic N) is 3. The number of rotatable bonds is 8. The first kappa shape index (κ1) is 27.0. The number of anilines is 2. The molecule has 5 rings (SSSR count). The Hall–Kier alpha value is -3.63. The Kier molecular flexibility index (Phi) is 8.04. The van der Waals surface area contributed by atoms with Crippen LogP contribution in [-0.2, 0) is 22.0 Å². The Morgan fingerprint density at radius 2 is 1.95 bits per heavy atom. The van der Waals surface area contributed by atoms with E-state index in [4.69, 9.17) is 16.6 Å². The van der Waals surface area contributed by atoms with Gasteiger partial charge < -0.3 is 25.1 Å². The van der Waals surface area contributed by atoms with Crippen LogP contribution < -0.4 is 15.8 Å². The lowest BCUT2D eigenvalue weighted by molar-refractivity contribution is -0.128. The standard InChI is InChI=1S/C28H31ClN6O3S/c1-18-14-21(34-10-12-35(13-11-34)24(36)17-39(2)38)16-23-26(18)33-27(32-23)25-22(7-9-31-28(25)37)30-8-6-19-4-3-5-20(29)15-19/h3-5,7,9,14-16H,6,8,10-13,17H2,1-2H3,(H,32,33)(H2,30,31,37). The van der Waals surface area contributed by atoms with Gasteiger partial charge in [-0.3, -0.25) is 13.8 Å². The normalized spacial score (nSPS) is 14.5. The number of halogens is 1. The first-order valence-electron chi connectivity index (χ1n) is 12.8. The molecule has 11 heteroatoms. The molecule has 3 heterocycles. The van der Waals surface area contributed by atoms with E-state index in [1.165, 1.54) is 0 Å². The fourth-order valence-electron chi connectivity index (χ4n) is 4.95. The van der Waals surface area contributed by atoms with Crippen LogP contribution in [0, 0.1) is 6.92 Å². The molecule has 1 fully saturated rings. The largest absolute Gasteiger partial charge is 0.384 e. The van der Waals surface area contributed by atoms with Gasteiger partial charge in [0, 0.05) is 66.7 Å². The summed E-state index contributed by atoms with van der Waals surface area (Å²) in [5.74, 6) is 0.503. The second-order valence-corrected chi connectivity index (χ2v) is 11.6. The van der Waals surface area contributed by atoms with E-state index in [1.54, 1.807) is 17.4 Å². The first-order chi connectivity index (χ1) is 18.8. The van der Waals surface area contributed by atoms with Crippen LogP contribution in [-0.4, -0.2) is 74.7 Å². The van der Waals surface area contributed by atoms with Crippen molar-refractivity contribution >= 4 is 50.7 Å². The fourth-order valence-corrected chi connectivity index (χ4v) is 5.69. The van der Waals surface area contributed by atoms with Gasteiger partial charge in [-0.25, -0.2) is 4.98 Å². The fraction of sp³-hybridized carbons (Fsp3) is 0.321. The number of piperazine rings is 1. The highest BCUT2D eigenvalue weighted by Gasteiger charge is 2.23. The molecule has 1 aliphatic heterocycles. The molecule has 1 atom stereocenters. The van der Waals surface area contributed by atoms with Crippen molar-refractivity contribution in [1.82, 2.24) is 19.9 Å². The van der Waals surface area contributed by atoms with Crippen molar-refractivity contribution in [2.24, 2.45) is 0 Å². The summed E-state index contributed by atoms with van der Waals surface area (Å²) in [5.41, 5.74) is 5.71. The highest BCUT2D eigenvalue weighted by molar-refractivity contribution is 7.85. The Labute approximate surface area is 234 Å².